The van der Waals surface area contributed by atoms with Gasteiger partial charge in [0, 0.05) is 24.1 Å². The Kier molecular flexibility index (Phi) is 9.57. The number of nitrogens with zero attached hydrogens (tertiary/aromatic N) is 4. The maximum absolute atomic E-state index is 12.0. The molecule has 0 spiro atoms. The van der Waals surface area contributed by atoms with Crippen LogP contribution in [-0.2, 0) is 14.7 Å². The van der Waals surface area contributed by atoms with Gasteiger partial charge in [-0.15, -0.1) is 0 Å². The Morgan fingerprint density at radius 1 is 1.02 bits per heavy atom. The summed E-state index contributed by atoms with van der Waals surface area (Å²) in [5, 5.41) is 11.7. The van der Waals surface area contributed by atoms with Gasteiger partial charge in [-0.2, -0.15) is 10.1 Å². The molecule has 0 aliphatic heterocycles. The number of rotatable bonds is 9. The summed E-state index contributed by atoms with van der Waals surface area (Å²) >= 11 is 0. The smallest absolute Gasteiger partial charge is 0.407 e. The molecule has 4 rings (SSSR count). The Balaban J connectivity index is 1.34. The number of amides is 1. The van der Waals surface area contributed by atoms with Gasteiger partial charge in [0.25, 0.3) is 0 Å². The first-order valence-electron chi connectivity index (χ1n) is 15.8. The Hall–Kier alpha value is -2.66. The molecule has 43 heavy (non-hydrogen) atoms. The standard InChI is InChI=1S/C32H54N6O4Si/c1-30(2,3)38-27(17-25(37-38)22-12-13-24(16-22)42-43(10,11)32(7,8)9)35-26-18-33-19-28(36-26)40-20-21-14-23(15-21)34-29(39)41-31(4,5)6/h17-19,21-24H,12-16,20H2,1-11H3,(H,34,39)(H,35,36)/t21?,22-,23?,24+/m0/s1. The molecule has 2 aromatic rings. The third kappa shape index (κ3) is 8.94. The van der Waals surface area contributed by atoms with E-state index in [1.165, 1.54) is 0 Å². The second kappa shape index (κ2) is 12.4. The molecule has 2 aromatic heterocycles. The number of nitrogens with one attached hydrogen (secondary N) is 2. The van der Waals surface area contributed by atoms with E-state index in [9.17, 15) is 4.79 Å². The lowest BCUT2D eigenvalue weighted by atomic mass is 9.81. The van der Waals surface area contributed by atoms with Crippen molar-refractivity contribution in [2.75, 3.05) is 11.9 Å². The van der Waals surface area contributed by atoms with E-state index >= 15 is 0 Å². The third-order valence-corrected chi connectivity index (χ3v) is 13.3. The maximum Gasteiger partial charge on any atom is 0.407 e. The van der Waals surface area contributed by atoms with E-state index in [0.29, 0.717) is 36.2 Å². The summed E-state index contributed by atoms with van der Waals surface area (Å²) in [6.45, 7) is 24.1. The number of alkyl carbamates (subject to hydrolysis) is 1. The van der Waals surface area contributed by atoms with Gasteiger partial charge in [-0.05, 0) is 97.7 Å². The third-order valence-electron chi connectivity index (χ3n) is 8.73. The van der Waals surface area contributed by atoms with E-state index in [1.807, 2.05) is 25.5 Å². The predicted molar refractivity (Wildman–Crippen MR) is 173 cm³/mol. The minimum absolute atomic E-state index is 0.114. The van der Waals surface area contributed by atoms with Gasteiger partial charge in [-0.25, -0.2) is 9.48 Å². The van der Waals surface area contributed by atoms with Crippen molar-refractivity contribution >= 4 is 26.0 Å². The van der Waals surface area contributed by atoms with Gasteiger partial charge >= 0.3 is 6.09 Å². The van der Waals surface area contributed by atoms with Crippen molar-refractivity contribution < 1.29 is 18.7 Å². The Morgan fingerprint density at radius 2 is 1.72 bits per heavy atom. The first-order valence-corrected chi connectivity index (χ1v) is 18.7. The van der Waals surface area contributed by atoms with Crippen LogP contribution in [0.15, 0.2) is 18.5 Å². The fraction of sp³-hybridized carbons (Fsp3) is 0.750. The van der Waals surface area contributed by atoms with Crippen LogP contribution in [0.3, 0.4) is 0 Å². The van der Waals surface area contributed by atoms with Gasteiger partial charge in [0.1, 0.15) is 11.4 Å². The van der Waals surface area contributed by atoms with Crippen LogP contribution >= 0.6 is 0 Å². The number of hydrogen-bond acceptors (Lipinski definition) is 8. The van der Waals surface area contributed by atoms with Crippen LogP contribution < -0.4 is 15.4 Å². The van der Waals surface area contributed by atoms with Gasteiger partial charge in [-0.3, -0.25) is 4.98 Å². The van der Waals surface area contributed by atoms with E-state index < -0.39 is 13.9 Å². The maximum atomic E-state index is 12.0. The van der Waals surface area contributed by atoms with Crippen molar-refractivity contribution in [2.45, 2.75) is 142 Å². The molecule has 0 unspecified atom stereocenters. The molecule has 2 aliphatic carbocycles. The van der Waals surface area contributed by atoms with Gasteiger partial charge in [0.2, 0.25) is 5.88 Å². The Bertz CT molecular complexity index is 1250. The summed E-state index contributed by atoms with van der Waals surface area (Å²) in [6.07, 6.45) is 8.12. The van der Waals surface area contributed by atoms with E-state index in [-0.39, 0.29) is 22.7 Å². The van der Waals surface area contributed by atoms with Crippen LogP contribution in [-0.4, -0.2) is 58.5 Å². The van der Waals surface area contributed by atoms with Crippen molar-refractivity contribution in [2.24, 2.45) is 5.92 Å². The second-order valence-corrected chi connectivity index (χ2v) is 20.7. The molecule has 0 radical (unpaired) electrons. The molecule has 2 heterocycles. The Morgan fingerprint density at radius 3 is 2.35 bits per heavy atom. The number of carbonyl (C=O) groups excluding carboxylic acids is 1. The summed E-state index contributed by atoms with van der Waals surface area (Å²) in [5.74, 6) is 2.68. The number of anilines is 2. The summed E-state index contributed by atoms with van der Waals surface area (Å²) in [6, 6.07) is 2.27. The summed E-state index contributed by atoms with van der Waals surface area (Å²) in [4.78, 5) is 21.0. The van der Waals surface area contributed by atoms with Gasteiger partial charge < -0.3 is 24.5 Å². The molecule has 0 bridgehead atoms. The SMILES string of the molecule is CC(C)(C)OC(=O)NC1CC(COc2cncc(Nc3cc([C@H]4CC[C@@H](O[Si](C)(C)C(C)(C)C)C4)nn3C(C)(C)C)n2)C1. The zero-order chi connectivity index (χ0) is 31.8. The van der Waals surface area contributed by atoms with Crippen molar-refractivity contribution in [3.8, 4) is 5.88 Å². The number of carbonyl (C=O) groups is 1. The quantitative estimate of drug-likeness (QED) is 0.279. The molecule has 11 heteroatoms. The largest absolute Gasteiger partial charge is 0.476 e. The molecule has 1 amide bonds. The van der Waals surface area contributed by atoms with Crippen molar-refractivity contribution in [3.05, 3.63) is 24.2 Å². The molecular weight excluding hydrogens is 560 g/mol. The van der Waals surface area contributed by atoms with Crippen molar-refractivity contribution in [3.63, 3.8) is 0 Å². The second-order valence-electron chi connectivity index (χ2n) is 15.9. The zero-order valence-corrected chi connectivity index (χ0v) is 29.2. The fourth-order valence-electron chi connectivity index (χ4n) is 5.38. The number of aromatic nitrogens is 4. The minimum atomic E-state index is -1.81. The molecule has 2 N–H and O–H groups in total. The van der Waals surface area contributed by atoms with Gasteiger partial charge in [0.05, 0.1) is 30.2 Å². The van der Waals surface area contributed by atoms with Crippen LogP contribution in [0.1, 0.15) is 106 Å². The van der Waals surface area contributed by atoms with Gasteiger partial charge in [0.15, 0.2) is 14.1 Å². The van der Waals surface area contributed by atoms with Gasteiger partial charge in [-0.1, -0.05) is 20.8 Å². The first-order chi connectivity index (χ1) is 19.8. The predicted octanol–water partition coefficient (Wildman–Crippen LogP) is 7.51. The van der Waals surface area contributed by atoms with Crippen LogP contribution in [0.4, 0.5) is 16.4 Å². The number of ether oxygens (including phenoxy) is 2. The van der Waals surface area contributed by atoms with Crippen molar-refractivity contribution in [1.82, 2.24) is 25.1 Å². The van der Waals surface area contributed by atoms with E-state index in [1.54, 1.807) is 12.4 Å². The van der Waals surface area contributed by atoms with Crippen LogP contribution in [0.5, 0.6) is 5.88 Å². The average Bonchev–Trinajstić information content (AvgIpc) is 3.45. The molecule has 240 valence electrons. The molecule has 2 saturated carbocycles. The van der Waals surface area contributed by atoms with E-state index in [4.69, 9.17) is 19.0 Å². The molecule has 2 atom stereocenters. The summed E-state index contributed by atoms with van der Waals surface area (Å²) in [7, 11) is -1.81. The topological polar surface area (TPSA) is 112 Å². The van der Waals surface area contributed by atoms with Crippen LogP contribution in [0.25, 0.3) is 0 Å². The zero-order valence-electron chi connectivity index (χ0n) is 28.2. The van der Waals surface area contributed by atoms with Crippen LogP contribution in [0, 0.1) is 5.92 Å². The lowest BCUT2D eigenvalue weighted by Crippen LogP contribution is -2.47. The molecule has 0 saturated heterocycles. The molecule has 0 aromatic carbocycles. The lowest BCUT2D eigenvalue weighted by Gasteiger charge is -2.38. The minimum Gasteiger partial charge on any atom is -0.476 e. The van der Waals surface area contributed by atoms with E-state index in [0.717, 1.165) is 43.6 Å². The molecule has 10 nitrogen and oxygen atoms in total. The summed E-state index contributed by atoms with van der Waals surface area (Å²) < 4.78 is 20.1. The average molecular weight is 615 g/mol. The van der Waals surface area contributed by atoms with E-state index in [2.05, 4.69) is 81.3 Å². The Labute approximate surface area is 259 Å². The highest BCUT2D eigenvalue weighted by atomic mass is 28.4. The molecule has 2 fully saturated rings. The normalized spacial score (nSPS) is 23.0. The number of hydrogen-bond donors (Lipinski definition) is 2. The summed E-state index contributed by atoms with van der Waals surface area (Å²) in [5.41, 5.74) is 0.379. The van der Waals surface area contributed by atoms with Crippen molar-refractivity contribution in [1.29, 1.82) is 0 Å². The van der Waals surface area contributed by atoms with Crippen LogP contribution in [0.2, 0.25) is 18.1 Å². The fourth-order valence-corrected chi connectivity index (χ4v) is 6.79. The highest BCUT2D eigenvalue weighted by Crippen LogP contribution is 2.43. The lowest BCUT2D eigenvalue weighted by molar-refractivity contribution is 0.0426. The highest BCUT2D eigenvalue weighted by Gasteiger charge is 2.41. The first kappa shape index (κ1) is 33.2. The molecular formula is C32H54N6O4Si. The molecule has 2 aliphatic rings. The monoisotopic (exact) mass is 614 g/mol. The highest BCUT2D eigenvalue weighted by molar-refractivity contribution is 6.74.